The molecule has 1 N–H and O–H groups in total. The van der Waals surface area contributed by atoms with Gasteiger partial charge in [0.05, 0.1) is 17.7 Å². The second-order valence-corrected chi connectivity index (χ2v) is 5.03. The highest BCUT2D eigenvalue weighted by atomic mass is 32.2. The maximum Gasteiger partial charge on any atom is 0.251 e. The zero-order valence-corrected chi connectivity index (χ0v) is 11.5. The third kappa shape index (κ3) is 2.42. The number of hydrogen-bond donors (Lipinski definition) is 1. The number of hydrogen-bond acceptors (Lipinski definition) is 5. The van der Waals surface area contributed by atoms with E-state index in [9.17, 15) is 14.9 Å². The zero-order valence-electron chi connectivity index (χ0n) is 10.6. The van der Waals surface area contributed by atoms with Crippen LogP contribution in [0.15, 0.2) is 23.1 Å². The van der Waals surface area contributed by atoms with Gasteiger partial charge in [-0.3, -0.25) is 14.5 Å². The number of likely N-dealkylation sites (tertiary alicyclic amines) is 1. The Morgan fingerprint density at radius 3 is 2.74 bits per heavy atom. The van der Waals surface area contributed by atoms with Gasteiger partial charge < -0.3 is 5.32 Å². The molecule has 0 aromatic heterocycles. The van der Waals surface area contributed by atoms with Crippen molar-refractivity contribution in [3.8, 4) is 6.07 Å². The summed E-state index contributed by atoms with van der Waals surface area (Å²) in [6, 6.07) is 6.96. The van der Waals surface area contributed by atoms with E-state index in [1.807, 2.05) is 18.4 Å². The molecule has 0 spiro atoms. The number of nitrogens with zero attached hydrogens (tertiary/aromatic N) is 2. The summed E-state index contributed by atoms with van der Waals surface area (Å²) in [5.41, 5.74) is 1.10. The number of amides is 2. The minimum Gasteiger partial charge on any atom is -0.372 e. The topological polar surface area (TPSA) is 73.2 Å². The molecule has 0 bridgehead atoms. The number of rotatable bonds is 3. The maximum absolute atomic E-state index is 11.8. The number of carbonyl (C=O) groups is 2. The zero-order chi connectivity index (χ0) is 14.0. The van der Waals surface area contributed by atoms with Crippen molar-refractivity contribution in [2.24, 2.45) is 0 Å². The average molecular weight is 275 g/mol. The van der Waals surface area contributed by atoms with Crippen molar-refractivity contribution in [2.75, 3.05) is 18.6 Å². The molecule has 1 heterocycles. The van der Waals surface area contributed by atoms with Crippen LogP contribution in [0.3, 0.4) is 0 Å². The third-order valence-corrected chi connectivity index (χ3v) is 3.85. The van der Waals surface area contributed by atoms with Gasteiger partial charge in [-0.25, -0.2) is 0 Å². The second-order valence-electron chi connectivity index (χ2n) is 4.19. The Balaban J connectivity index is 2.28. The molecule has 6 heteroatoms. The highest BCUT2D eigenvalue weighted by Crippen LogP contribution is 2.28. The first-order chi connectivity index (χ1) is 9.08. The molecule has 1 aromatic rings. The summed E-state index contributed by atoms with van der Waals surface area (Å²) in [4.78, 5) is 25.2. The Labute approximate surface area is 115 Å². The normalized spacial score (nSPS) is 18.6. The van der Waals surface area contributed by atoms with Gasteiger partial charge in [-0.15, -0.1) is 11.8 Å². The van der Waals surface area contributed by atoms with Crippen molar-refractivity contribution in [3.63, 3.8) is 0 Å². The standard InChI is InChI=1S/C13H13N3O2S/c1-16-12(17)6-10(13(16)18)15-9-4-3-5-11(19-2)8(9)7-14/h3-5,10,15H,6H2,1-2H3. The van der Waals surface area contributed by atoms with Gasteiger partial charge in [0.2, 0.25) is 5.91 Å². The van der Waals surface area contributed by atoms with Crippen LogP contribution in [0.2, 0.25) is 0 Å². The smallest absolute Gasteiger partial charge is 0.251 e. The number of nitriles is 1. The van der Waals surface area contributed by atoms with Gasteiger partial charge in [0.1, 0.15) is 12.1 Å². The van der Waals surface area contributed by atoms with Gasteiger partial charge in [-0.2, -0.15) is 5.26 Å². The van der Waals surface area contributed by atoms with Crippen LogP contribution in [0.1, 0.15) is 12.0 Å². The monoisotopic (exact) mass is 275 g/mol. The SMILES string of the molecule is CSc1cccc(NC2CC(=O)N(C)C2=O)c1C#N. The molecular weight excluding hydrogens is 262 g/mol. The number of benzene rings is 1. The summed E-state index contributed by atoms with van der Waals surface area (Å²) in [5, 5.41) is 12.2. The van der Waals surface area contributed by atoms with E-state index in [1.54, 1.807) is 6.07 Å². The molecule has 98 valence electrons. The Kier molecular flexibility index (Phi) is 3.76. The molecule has 19 heavy (non-hydrogen) atoms. The predicted octanol–water partition coefficient (Wildman–Crippen LogP) is 1.45. The molecule has 2 rings (SSSR count). The molecule has 0 saturated carbocycles. The van der Waals surface area contributed by atoms with Crippen LogP contribution in [0.25, 0.3) is 0 Å². The van der Waals surface area contributed by atoms with Crippen LogP contribution in [0.4, 0.5) is 5.69 Å². The largest absolute Gasteiger partial charge is 0.372 e. The van der Waals surface area contributed by atoms with Crippen molar-refractivity contribution in [1.29, 1.82) is 5.26 Å². The minimum atomic E-state index is -0.582. The van der Waals surface area contributed by atoms with Crippen molar-refractivity contribution >= 4 is 29.3 Å². The summed E-state index contributed by atoms with van der Waals surface area (Å²) in [6.07, 6.45) is 2.02. The summed E-state index contributed by atoms with van der Waals surface area (Å²) in [6.45, 7) is 0. The fourth-order valence-electron chi connectivity index (χ4n) is 1.99. The Hall–Kier alpha value is -2.00. The van der Waals surface area contributed by atoms with Crippen LogP contribution in [0, 0.1) is 11.3 Å². The molecule has 1 fully saturated rings. The fourth-order valence-corrected chi connectivity index (χ4v) is 2.57. The van der Waals surface area contributed by atoms with E-state index < -0.39 is 6.04 Å². The molecule has 0 radical (unpaired) electrons. The molecule has 0 aliphatic carbocycles. The molecule has 5 nitrogen and oxygen atoms in total. The van der Waals surface area contributed by atoms with E-state index in [-0.39, 0.29) is 18.2 Å². The minimum absolute atomic E-state index is 0.129. The van der Waals surface area contributed by atoms with Crippen molar-refractivity contribution in [1.82, 2.24) is 4.90 Å². The summed E-state index contributed by atoms with van der Waals surface area (Å²) >= 11 is 1.47. The van der Waals surface area contributed by atoms with E-state index in [0.717, 1.165) is 9.80 Å². The molecule has 1 unspecified atom stereocenters. The molecule has 2 amide bonds. The highest BCUT2D eigenvalue weighted by molar-refractivity contribution is 7.98. The quantitative estimate of drug-likeness (QED) is 0.667. The van der Waals surface area contributed by atoms with Gasteiger partial charge in [0.15, 0.2) is 0 Å². The van der Waals surface area contributed by atoms with Crippen LogP contribution in [-0.4, -0.2) is 36.1 Å². The number of likely N-dealkylation sites (N-methyl/N-ethyl adjacent to an activating group) is 1. The number of carbonyl (C=O) groups excluding carboxylic acids is 2. The van der Waals surface area contributed by atoms with E-state index >= 15 is 0 Å². The van der Waals surface area contributed by atoms with E-state index in [4.69, 9.17) is 0 Å². The van der Waals surface area contributed by atoms with E-state index in [0.29, 0.717) is 11.3 Å². The van der Waals surface area contributed by atoms with Crippen LogP contribution in [0.5, 0.6) is 0 Å². The molecular formula is C13H13N3O2S. The van der Waals surface area contributed by atoms with Crippen molar-refractivity contribution in [2.45, 2.75) is 17.4 Å². The third-order valence-electron chi connectivity index (χ3n) is 3.07. The molecule has 1 aliphatic rings. The van der Waals surface area contributed by atoms with Gasteiger partial charge >= 0.3 is 0 Å². The number of anilines is 1. The molecule has 1 aliphatic heterocycles. The van der Waals surface area contributed by atoms with E-state index in [2.05, 4.69) is 11.4 Å². The number of thioether (sulfide) groups is 1. The Bertz CT molecular complexity index is 580. The summed E-state index contributed by atoms with van der Waals surface area (Å²) in [5.74, 6) is -0.467. The van der Waals surface area contributed by atoms with Gasteiger partial charge in [-0.1, -0.05) is 6.07 Å². The average Bonchev–Trinajstić information content (AvgIpc) is 2.66. The highest BCUT2D eigenvalue weighted by Gasteiger charge is 2.36. The second kappa shape index (κ2) is 5.33. The maximum atomic E-state index is 11.8. The van der Waals surface area contributed by atoms with Crippen LogP contribution in [-0.2, 0) is 9.59 Å². The van der Waals surface area contributed by atoms with Crippen LogP contribution < -0.4 is 5.32 Å². The lowest BCUT2D eigenvalue weighted by Gasteiger charge is -2.14. The van der Waals surface area contributed by atoms with Gasteiger partial charge in [-0.05, 0) is 18.4 Å². The number of nitrogens with one attached hydrogen (secondary N) is 1. The van der Waals surface area contributed by atoms with Gasteiger partial charge in [0, 0.05) is 11.9 Å². The fraction of sp³-hybridized carbons (Fsp3) is 0.308. The summed E-state index contributed by atoms with van der Waals surface area (Å²) < 4.78 is 0. The first-order valence-corrected chi connectivity index (χ1v) is 6.95. The summed E-state index contributed by atoms with van der Waals surface area (Å²) in [7, 11) is 1.47. The lowest BCUT2D eigenvalue weighted by Crippen LogP contribution is -2.32. The first kappa shape index (κ1) is 13.4. The molecule has 1 aromatic carbocycles. The predicted molar refractivity (Wildman–Crippen MR) is 72.7 cm³/mol. The van der Waals surface area contributed by atoms with Crippen molar-refractivity contribution < 1.29 is 9.59 Å². The van der Waals surface area contributed by atoms with Crippen molar-refractivity contribution in [3.05, 3.63) is 23.8 Å². The van der Waals surface area contributed by atoms with E-state index in [1.165, 1.54) is 18.8 Å². The molecule has 1 saturated heterocycles. The Morgan fingerprint density at radius 1 is 1.47 bits per heavy atom. The first-order valence-electron chi connectivity index (χ1n) is 5.72. The Morgan fingerprint density at radius 2 is 2.21 bits per heavy atom. The lowest BCUT2D eigenvalue weighted by atomic mass is 10.1. The van der Waals surface area contributed by atoms with Crippen LogP contribution >= 0.6 is 11.8 Å². The lowest BCUT2D eigenvalue weighted by molar-refractivity contribution is -0.136. The van der Waals surface area contributed by atoms with Gasteiger partial charge in [0.25, 0.3) is 5.91 Å². The molecule has 1 atom stereocenters. The number of imide groups is 1.